The van der Waals surface area contributed by atoms with Crippen molar-refractivity contribution in [2.24, 2.45) is 11.7 Å². The number of carboxylic acids is 1. The molecule has 1 aliphatic carbocycles. The van der Waals surface area contributed by atoms with Crippen LogP contribution < -0.4 is 5.73 Å². The minimum absolute atomic E-state index is 0.376. The van der Waals surface area contributed by atoms with E-state index in [1.165, 1.54) is 12.8 Å². The van der Waals surface area contributed by atoms with E-state index in [-0.39, 0.29) is 0 Å². The van der Waals surface area contributed by atoms with Gasteiger partial charge in [0.2, 0.25) is 0 Å². The van der Waals surface area contributed by atoms with Gasteiger partial charge in [0.05, 0.1) is 6.10 Å². The smallest absolute Gasteiger partial charge is 0.300 e. The molecular formula is C10H21NO3. The lowest BCUT2D eigenvalue weighted by atomic mass is 9.85. The zero-order valence-electron chi connectivity index (χ0n) is 9.19. The van der Waals surface area contributed by atoms with Crippen LogP contribution in [0.15, 0.2) is 0 Å². The largest absolute Gasteiger partial charge is 0.481 e. The quantitative estimate of drug-likeness (QED) is 0.672. The van der Waals surface area contributed by atoms with Gasteiger partial charge in [-0.15, -0.1) is 0 Å². The van der Waals surface area contributed by atoms with Crippen LogP contribution >= 0.6 is 0 Å². The van der Waals surface area contributed by atoms with Crippen LogP contribution in [-0.4, -0.2) is 30.3 Å². The first-order chi connectivity index (χ1) is 6.47. The fraction of sp³-hybridized carbons (Fsp3) is 0.900. The van der Waals surface area contributed by atoms with E-state index in [1.807, 2.05) is 0 Å². The summed E-state index contributed by atoms with van der Waals surface area (Å²) in [5.74, 6) is -0.134. The van der Waals surface area contributed by atoms with Gasteiger partial charge in [0.25, 0.3) is 5.97 Å². The number of hydrogen-bond acceptors (Lipinski definition) is 3. The van der Waals surface area contributed by atoms with Crippen LogP contribution in [0.5, 0.6) is 0 Å². The molecule has 0 amide bonds. The molecule has 3 atom stereocenters. The molecule has 0 aromatic rings. The lowest BCUT2D eigenvalue weighted by Crippen LogP contribution is -2.36. The maximum Gasteiger partial charge on any atom is 0.300 e. The van der Waals surface area contributed by atoms with Crippen molar-refractivity contribution in [3.63, 3.8) is 0 Å². The number of rotatable bonds is 1. The molecule has 0 aromatic carbocycles. The van der Waals surface area contributed by atoms with Gasteiger partial charge in [0, 0.05) is 20.1 Å². The van der Waals surface area contributed by atoms with E-state index in [1.54, 1.807) is 7.11 Å². The third-order valence-corrected chi connectivity index (χ3v) is 2.47. The molecule has 0 aromatic heterocycles. The molecule has 0 aliphatic heterocycles. The maximum absolute atomic E-state index is 9.00. The average Bonchev–Trinajstić information content (AvgIpc) is 2.08. The van der Waals surface area contributed by atoms with E-state index in [2.05, 4.69) is 6.92 Å². The number of hydrogen-bond donors (Lipinski definition) is 2. The predicted molar refractivity (Wildman–Crippen MR) is 55.1 cm³/mol. The third-order valence-electron chi connectivity index (χ3n) is 2.47. The minimum Gasteiger partial charge on any atom is -0.481 e. The first-order valence-electron chi connectivity index (χ1n) is 4.95. The first-order valence-corrected chi connectivity index (χ1v) is 4.95. The molecule has 3 unspecified atom stereocenters. The van der Waals surface area contributed by atoms with Crippen molar-refractivity contribution in [3.05, 3.63) is 0 Å². The summed E-state index contributed by atoms with van der Waals surface area (Å²) in [6.07, 6.45) is 3.84. The molecule has 1 rings (SSSR count). The Labute approximate surface area is 85.4 Å². The molecule has 3 N–H and O–H groups in total. The number of aliphatic carboxylic acids is 1. The number of ether oxygens (including phenoxy) is 1. The van der Waals surface area contributed by atoms with Crippen molar-refractivity contribution in [1.82, 2.24) is 0 Å². The van der Waals surface area contributed by atoms with Crippen LogP contribution in [0.2, 0.25) is 0 Å². The predicted octanol–water partition coefficient (Wildman–Crippen LogP) is 1.24. The zero-order valence-corrected chi connectivity index (χ0v) is 9.19. The van der Waals surface area contributed by atoms with E-state index < -0.39 is 5.97 Å². The lowest BCUT2D eigenvalue weighted by molar-refractivity contribution is -0.134. The van der Waals surface area contributed by atoms with Crippen molar-refractivity contribution in [2.75, 3.05) is 7.11 Å². The zero-order chi connectivity index (χ0) is 11.1. The highest BCUT2D eigenvalue weighted by Crippen LogP contribution is 2.24. The summed E-state index contributed by atoms with van der Waals surface area (Å²) in [7, 11) is 1.78. The van der Waals surface area contributed by atoms with Gasteiger partial charge in [0.15, 0.2) is 0 Å². The van der Waals surface area contributed by atoms with Crippen LogP contribution in [0.25, 0.3) is 0 Å². The monoisotopic (exact) mass is 203 g/mol. The van der Waals surface area contributed by atoms with E-state index in [9.17, 15) is 0 Å². The van der Waals surface area contributed by atoms with Crippen LogP contribution in [0.3, 0.4) is 0 Å². The first kappa shape index (κ1) is 13.4. The molecular weight excluding hydrogens is 182 g/mol. The standard InChI is InChI=1S/C8H17NO.C2H4O2/c1-6-3-4-7(9)5-8(6)10-2;1-2(3)4/h6-8H,3-5,9H2,1-2H3;1H3,(H,3,4). The van der Waals surface area contributed by atoms with Crippen LogP contribution in [-0.2, 0) is 9.53 Å². The highest BCUT2D eigenvalue weighted by atomic mass is 16.5. The maximum atomic E-state index is 9.00. The molecule has 0 bridgehead atoms. The van der Waals surface area contributed by atoms with Gasteiger partial charge < -0.3 is 15.6 Å². The fourth-order valence-corrected chi connectivity index (χ4v) is 1.64. The number of carboxylic acid groups (broad SMARTS) is 1. The van der Waals surface area contributed by atoms with Gasteiger partial charge in [-0.2, -0.15) is 0 Å². The summed E-state index contributed by atoms with van der Waals surface area (Å²) in [5.41, 5.74) is 5.78. The van der Waals surface area contributed by atoms with E-state index in [4.69, 9.17) is 20.4 Å². The van der Waals surface area contributed by atoms with E-state index >= 15 is 0 Å². The molecule has 0 radical (unpaired) electrons. The Bertz CT molecular complexity index is 169. The third kappa shape index (κ3) is 5.94. The van der Waals surface area contributed by atoms with Crippen LogP contribution in [0.4, 0.5) is 0 Å². The SMILES string of the molecule is CC(=O)O.COC1CC(N)CCC1C. The second-order valence-electron chi connectivity index (χ2n) is 3.84. The van der Waals surface area contributed by atoms with Crippen molar-refractivity contribution < 1.29 is 14.6 Å². The summed E-state index contributed by atoms with van der Waals surface area (Å²) < 4.78 is 5.29. The second-order valence-corrected chi connectivity index (χ2v) is 3.84. The molecule has 4 nitrogen and oxygen atoms in total. The minimum atomic E-state index is -0.833. The van der Waals surface area contributed by atoms with Crippen molar-refractivity contribution in [1.29, 1.82) is 0 Å². The Morgan fingerprint density at radius 2 is 2.00 bits per heavy atom. The van der Waals surface area contributed by atoms with Gasteiger partial charge in [-0.3, -0.25) is 4.79 Å². The molecule has 14 heavy (non-hydrogen) atoms. The molecule has 0 spiro atoms. The van der Waals surface area contributed by atoms with Gasteiger partial charge in [-0.1, -0.05) is 6.92 Å². The second kappa shape index (κ2) is 6.79. The summed E-state index contributed by atoms with van der Waals surface area (Å²) in [5, 5.41) is 7.42. The molecule has 1 saturated carbocycles. The fourth-order valence-electron chi connectivity index (χ4n) is 1.64. The number of carbonyl (C=O) groups is 1. The summed E-state index contributed by atoms with van der Waals surface area (Å²) >= 11 is 0. The average molecular weight is 203 g/mol. The Morgan fingerprint density at radius 3 is 2.36 bits per heavy atom. The molecule has 84 valence electrons. The summed E-state index contributed by atoms with van der Waals surface area (Å²) in [4.78, 5) is 9.00. The Kier molecular flexibility index (Phi) is 6.49. The summed E-state index contributed by atoms with van der Waals surface area (Å²) in [6, 6.07) is 0.376. The molecule has 0 saturated heterocycles. The Balaban J connectivity index is 0.000000364. The van der Waals surface area contributed by atoms with E-state index in [0.717, 1.165) is 13.3 Å². The van der Waals surface area contributed by atoms with E-state index in [0.29, 0.717) is 18.1 Å². The van der Waals surface area contributed by atoms with Crippen molar-refractivity contribution in [2.45, 2.75) is 45.3 Å². The van der Waals surface area contributed by atoms with Gasteiger partial charge in [-0.25, -0.2) is 0 Å². The Morgan fingerprint density at radius 1 is 1.50 bits per heavy atom. The summed E-state index contributed by atoms with van der Waals surface area (Å²) in [6.45, 7) is 3.32. The van der Waals surface area contributed by atoms with Crippen LogP contribution in [0, 0.1) is 5.92 Å². The highest BCUT2D eigenvalue weighted by molar-refractivity contribution is 5.62. The lowest BCUT2D eigenvalue weighted by Gasteiger charge is -2.31. The highest BCUT2D eigenvalue weighted by Gasteiger charge is 2.24. The molecule has 1 aliphatic rings. The normalized spacial score (nSPS) is 31.6. The van der Waals surface area contributed by atoms with Crippen molar-refractivity contribution >= 4 is 5.97 Å². The topological polar surface area (TPSA) is 72.5 Å². The van der Waals surface area contributed by atoms with Crippen molar-refractivity contribution in [3.8, 4) is 0 Å². The Hall–Kier alpha value is -0.610. The molecule has 1 fully saturated rings. The number of methoxy groups -OCH3 is 1. The molecule has 0 heterocycles. The molecule has 4 heteroatoms. The van der Waals surface area contributed by atoms with Crippen LogP contribution in [0.1, 0.15) is 33.1 Å². The van der Waals surface area contributed by atoms with Gasteiger partial charge in [0.1, 0.15) is 0 Å². The van der Waals surface area contributed by atoms with Gasteiger partial charge >= 0.3 is 0 Å². The number of nitrogens with two attached hydrogens (primary N) is 1. The van der Waals surface area contributed by atoms with Gasteiger partial charge in [-0.05, 0) is 25.2 Å².